The number of benzene rings is 1. The van der Waals surface area contributed by atoms with Gasteiger partial charge in [-0.2, -0.15) is 0 Å². The van der Waals surface area contributed by atoms with Gasteiger partial charge in [0.05, 0.1) is 11.3 Å². The zero-order chi connectivity index (χ0) is 13.2. The summed E-state index contributed by atoms with van der Waals surface area (Å²) in [5.74, 6) is 0.882. The summed E-state index contributed by atoms with van der Waals surface area (Å²) in [6, 6.07) is 7.68. The smallest absolute Gasteiger partial charge is 0.166 e. The van der Waals surface area contributed by atoms with Crippen LogP contribution in [0.5, 0.6) is 0 Å². The second-order valence-corrected chi connectivity index (χ2v) is 5.10. The van der Waals surface area contributed by atoms with Crippen molar-refractivity contribution in [2.75, 3.05) is 0 Å². The first-order valence-corrected chi connectivity index (χ1v) is 6.73. The van der Waals surface area contributed by atoms with E-state index < -0.39 is 0 Å². The number of nitrogens with zero attached hydrogens (tertiary/aromatic N) is 2. The minimum Gasteiger partial charge on any atom is -0.294 e. The maximum atomic E-state index is 11.7. The van der Waals surface area contributed by atoms with E-state index in [0.29, 0.717) is 18.4 Å². The Balaban J connectivity index is 1.91. The Morgan fingerprint density at radius 2 is 2.05 bits per heavy atom. The van der Waals surface area contributed by atoms with Gasteiger partial charge in [-0.25, -0.2) is 9.97 Å². The molecule has 1 aliphatic carbocycles. The molecule has 0 radical (unpaired) electrons. The van der Waals surface area contributed by atoms with Gasteiger partial charge in [-0.15, -0.1) is 0 Å². The third kappa shape index (κ3) is 2.51. The number of carbonyl (C=O) groups is 1. The molecule has 0 spiro atoms. The molecule has 1 aliphatic rings. The quantitative estimate of drug-likeness (QED) is 0.843. The Morgan fingerprint density at radius 3 is 2.89 bits per heavy atom. The third-order valence-electron chi connectivity index (χ3n) is 3.34. The first-order chi connectivity index (χ1) is 9.24. The molecule has 4 heteroatoms. The Kier molecular flexibility index (Phi) is 3.30. The molecule has 0 atom stereocenters. The molecule has 3 rings (SSSR count). The maximum absolute atomic E-state index is 11.7. The van der Waals surface area contributed by atoms with Crippen molar-refractivity contribution in [3.8, 4) is 0 Å². The molecule has 0 saturated heterocycles. The molecule has 0 bridgehead atoms. The van der Waals surface area contributed by atoms with E-state index >= 15 is 0 Å². The molecule has 1 aromatic carbocycles. The summed E-state index contributed by atoms with van der Waals surface area (Å²) in [6.45, 7) is 0. The summed E-state index contributed by atoms with van der Waals surface area (Å²) in [6.07, 6.45) is 4.62. The van der Waals surface area contributed by atoms with Gasteiger partial charge in [-0.3, -0.25) is 4.79 Å². The van der Waals surface area contributed by atoms with Crippen molar-refractivity contribution in [1.82, 2.24) is 9.97 Å². The average molecular weight is 273 g/mol. The van der Waals surface area contributed by atoms with Gasteiger partial charge in [0.15, 0.2) is 5.78 Å². The van der Waals surface area contributed by atoms with E-state index in [4.69, 9.17) is 11.6 Å². The lowest BCUT2D eigenvalue weighted by Crippen LogP contribution is -2.15. The van der Waals surface area contributed by atoms with Gasteiger partial charge in [-0.1, -0.05) is 29.8 Å². The summed E-state index contributed by atoms with van der Waals surface area (Å²) in [5.41, 5.74) is 2.58. The van der Waals surface area contributed by atoms with Crippen molar-refractivity contribution < 1.29 is 4.79 Å². The van der Waals surface area contributed by atoms with Crippen LogP contribution in [0.2, 0.25) is 5.02 Å². The molecule has 0 fully saturated rings. The summed E-state index contributed by atoms with van der Waals surface area (Å²) in [7, 11) is 0. The fraction of sp³-hybridized carbons (Fsp3) is 0.267. The number of ketones is 1. The highest BCUT2D eigenvalue weighted by atomic mass is 35.5. The number of Topliss-reactive ketones (excluding diaryl/α,β-unsaturated/α-hetero) is 1. The first kappa shape index (κ1) is 12.3. The summed E-state index contributed by atoms with van der Waals surface area (Å²) < 4.78 is 0. The van der Waals surface area contributed by atoms with Gasteiger partial charge in [0.25, 0.3) is 0 Å². The van der Waals surface area contributed by atoms with Crippen molar-refractivity contribution in [3.05, 3.63) is 58.1 Å². The Hall–Kier alpha value is -1.74. The highest BCUT2D eigenvalue weighted by Crippen LogP contribution is 2.21. The largest absolute Gasteiger partial charge is 0.294 e. The number of hydrogen-bond acceptors (Lipinski definition) is 3. The third-order valence-corrected chi connectivity index (χ3v) is 3.71. The highest BCUT2D eigenvalue weighted by Gasteiger charge is 2.19. The van der Waals surface area contributed by atoms with Crippen molar-refractivity contribution in [3.63, 3.8) is 0 Å². The van der Waals surface area contributed by atoms with Crippen LogP contribution in [0.25, 0.3) is 0 Å². The van der Waals surface area contributed by atoms with Gasteiger partial charge in [0.1, 0.15) is 5.82 Å². The van der Waals surface area contributed by atoms with Crippen LogP contribution in [0.1, 0.15) is 40.3 Å². The van der Waals surface area contributed by atoms with Gasteiger partial charge >= 0.3 is 0 Å². The Bertz CT molecular complexity index is 640. The van der Waals surface area contributed by atoms with Crippen LogP contribution < -0.4 is 0 Å². The van der Waals surface area contributed by atoms with E-state index in [1.54, 1.807) is 6.20 Å². The number of aromatic nitrogens is 2. The number of rotatable bonds is 2. The predicted octanol–water partition coefficient (Wildman–Crippen LogP) is 3.24. The molecule has 96 valence electrons. The van der Waals surface area contributed by atoms with Crippen molar-refractivity contribution in [2.45, 2.75) is 25.7 Å². The molecule has 19 heavy (non-hydrogen) atoms. The number of hydrogen-bond donors (Lipinski definition) is 0. The summed E-state index contributed by atoms with van der Waals surface area (Å²) in [5, 5.41) is 0.722. The molecule has 1 aromatic heterocycles. The molecule has 0 amide bonds. The second kappa shape index (κ2) is 5.10. The first-order valence-electron chi connectivity index (χ1n) is 6.35. The molecule has 3 nitrogen and oxygen atoms in total. The lowest BCUT2D eigenvalue weighted by Gasteiger charge is -2.14. The van der Waals surface area contributed by atoms with E-state index in [2.05, 4.69) is 9.97 Å². The lowest BCUT2D eigenvalue weighted by atomic mass is 9.96. The molecule has 0 saturated carbocycles. The van der Waals surface area contributed by atoms with Crippen molar-refractivity contribution in [1.29, 1.82) is 0 Å². The molecule has 0 N–H and O–H groups in total. The number of fused-ring (bicyclic) bond motifs is 1. The van der Waals surface area contributed by atoms with Gasteiger partial charge in [0.2, 0.25) is 0 Å². The zero-order valence-corrected chi connectivity index (χ0v) is 11.2. The SMILES string of the molecule is O=C1CCCc2nc(Cc3ccccc3Cl)ncc21. The number of aryl methyl sites for hydroxylation is 1. The van der Waals surface area contributed by atoms with Crippen LogP contribution in [-0.4, -0.2) is 15.8 Å². The molecular weight excluding hydrogens is 260 g/mol. The average Bonchev–Trinajstić information content (AvgIpc) is 2.42. The topological polar surface area (TPSA) is 42.9 Å². The fourth-order valence-electron chi connectivity index (χ4n) is 2.33. The molecule has 0 aliphatic heterocycles. The van der Waals surface area contributed by atoms with Crippen LogP contribution >= 0.6 is 11.6 Å². The van der Waals surface area contributed by atoms with E-state index in [1.165, 1.54) is 0 Å². The maximum Gasteiger partial charge on any atom is 0.166 e. The van der Waals surface area contributed by atoms with Crippen LogP contribution in [0.15, 0.2) is 30.5 Å². The monoisotopic (exact) mass is 272 g/mol. The molecule has 2 aromatic rings. The number of carbonyl (C=O) groups excluding carboxylic acids is 1. The normalized spacial score (nSPS) is 14.3. The minimum absolute atomic E-state index is 0.158. The zero-order valence-electron chi connectivity index (χ0n) is 10.4. The summed E-state index contributed by atoms with van der Waals surface area (Å²) in [4.78, 5) is 20.5. The second-order valence-electron chi connectivity index (χ2n) is 4.69. The molecular formula is C15H13ClN2O. The van der Waals surface area contributed by atoms with Crippen molar-refractivity contribution in [2.24, 2.45) is 0 Å². The van der Waals surface area contributed by atoms with Crippen LogP contribution in [0.3, 0.4) is 0 Å². The summed E-state index contributed by atoms with van der Waals surface area (Å²) >= 11 is 6.13. The van der Waals surface area contributed by atoms with E-state index in [0.717, 1.165) is 34.9 Å². The van der Waals surface area contributed by atoms with Gasteiger partial charge in [-0.05, 0) is 24.5 Å². The Labute approximate surface area is 116 Å². The van der Waals surface area contributed by atoms with Crippen LogP contribution in [-0.2, 0) is 12.8 Å². The minimum atomic E-state index is 0.158. The standard InChI is InChI=1S/C15H13ClN2O/c16-12-5-2-1-4-10(12)8-15-17-9-11-13(18-15)6-3-7-14(11)19/h1-2,4-5,9H,3,6-8H2. The predicted molar refractivity (Wildman–Crippen MR) is 73.6 cm³/mol. The molecule has 0 unspecified atom stereocenters. The highest BCUT2D eigenvalue weighted by molar-refractivity contribution is 6.31. The van der Waals surface area contributed by atoms with Gasteiger partial charge in [0, 0.05) is 24.1 Å². The van der Waals surface area contributed by atoms with Crippen LogP contribution in [0.4, 0.5) is 0 Å². The van der Waals surface area contributed by atoms with Gasteiger partial charge < -0.3 is 0 Å². The van der Waals surface area contributed by atoms with Crippen LogP contribution in [0, 0.1) is 0 Å². The number of halogens is 1. The van der Waals surface area contributed by atoms with Crippen molar-refractivity contribution >= 4 is 17.4 Å². The fourth-order valence-corrected chi connectivity index (χ4v) is 2.53. The van der Waals surface area contributed by atoms with E-state index in [9.17, 15) is 4.79 Å². The lowest BCUT2D eigenvalue weighted by molar-refractivity contribution is 0.0971. The van der Waals surface area contributed by atoms with E-state index in [-0.39, 0.29) is 5.78 Å². The van der Waals surface area contributed by atoms with E-state index in [1.807, 2.05) is 24.3 Å². The Morgan fingerprint density at radius 1 is 1.21 bits per heavy atom. The molecule has 1 heterocycles.